The fraction of sp³-hybridized carbons (Fsp3) is 0.286. The van der Waals surface area contributed by atoms with Gasteiger partial charge in [-0.1, -0.05) is 69.2 Å². The number of carbonyl (C=O) groups is 7. The summed E-state index contributed by atoms with van der Waals surface area (Å²) >= 11 is 0. The summed E-state index contributed by atoms with van der Waals surface area (Å²) in [5, 5.41) is 20.9. The van der Waals surface area contributed by atoms with Gasteiger partial charge in [0, 0.05) is 192 Å². The van der Waals surface area contributed by atoms with E-state index in [1.165, 1.54) is 6.20 Å². The highest BCUT2D eigenvalue weighted by atomic mass is 16.5. The Morgan fingerprint density at radius 3 is 0.748 bits per heavy atom. The Morgan fingerprint density at radius 1 is 0.280 bits per heavy atom. The van der Waals surface area contributed by atoms with Crippen molar-refractivity contribution in [3.63, 3.8) is 0 Å². The van der Waals surface area contributed by atoms with E-state index in [0.717, 1.165) is 16.7 Å². The molecule has 0 fully saturated rings. The van der Waals surface area contributed by atoms with Crippen molar-refractivity contribution in [2.75, 3.05) is 37.2 Å². The highest BCUT2D eigenvalue weighted by Crippen LogP contribution is 2.60. The van der Waals surface area contributed by atoms with Gasteiger partial charge in [0.25, 0.3) is 5.91 Å². The van der Waals surface area contributed by atoms with Crippen molar-refractivity contribution in [2.24, 2.45) is 0 Å². The lowest BCUT2D eigenvalue weighted by Gasteiger charge is -2.29. The predicted octanol–water partition coefficient (Wildman–Crippen LogP) is 20.5. The molecule has 4 aliphatic heterocycles. The topological polar surface area (TPSA) is 290 Å². The molecule has 107 heavy (non-hydrogen) atoms. The molecule has 1 aromatic heterocycles. The lowest BCUT2D eigenvalue weighted by atomic mass is 9.77. The summed E-state index contributed by atoms with van der Waals surface area (Å²) in [6.45, 7) is 18.7. The fourth-order valence-electron chi connectivity index (χ4n) is 14.3. The molecule has 1 aliphatic carbocycles. The van der Waals surface area contributed by atoms with Gasteiger partial charge in [-0.2, -0.15) is 0 Å². The summed E-state index contributed by atoms with van der Waals surface area (Å²) in [6, 6.07) is 34.1. The van der Waals surface area contributed by atoms with Crippen molar-refractivity contribution in [3.05, 3.63) is 178 Å². The van der Waals surface area contributed by atoms with Gasteiger partial charge in [-0.15, -0.1) is 0 Å². The third-order valence-electron chi connectivity index (χ3n) is 19.9. The number of hydrogen-bond donors (Lipinski definition) is 7. The van der Waals surface area contributed by atoms with Gasteiger partial charge in [-0.05, 0) is 74.2 Å². The Bertz CT molecular complexity index is 5150. The van der Waals surface area contributed by atoms with Crippen LogP contribution in [0.4, 0.5) is 39.8 Å². The fourth-order valence-corrected chi connectivity index (χ4v) is 14.3. The average molecular weight is 1440 g/mol. The molecule has 548 valence electrons. The van der Waals surface area contributed by atoms with E-state index in [1.54, 1.807) is 114 Å². The third kappa shape index (κ3) is 14.0. The van der Waals surface area contributed by atoms with Crippen molar-refractivity contribution in [2.45, 2.75) is 157 Å². The summed E-state index contributed by atoms with van der Waals surface area (Å²) in [7, 11) is 0. The summed E-state index contributed by atoms with van der Waals surface area (Å²) in [4.78, 5) is 99.5. The normalized spacial score (nSPS) is 15.5. The van der Waals surface area contributed by atoms with Crippen LogP contribution < -0.4 is 75.1 Å². The standard InChI is InChI=1S/C84H82N8O15/c1-11-44-48-27-50-45(12-2)52-29-54-47(14-4)55-30-53-46(13-3)51-28-49(44)64-38-66(51)103-74-33-58(89-80(95)17-7)59(90-81(96)18-8)34-75(74)105-68(53)40-70(55)107-77-36-61(92-83(98)20-10)60(91-82(97)19-9)35-76(77)106-69(54)39-67(52)104-73-32-57(88-79(94)16-6)56(87-78(93)15-5)31-72(73)102-65(50)37-63(48)100-62-24-23-43(26-71(62)101-64)86-84(99)42-22-21-25-85-41-42/h21-41,44-47H,11-20H2,1-10H3,(H,86,99)(H,87,93)(H,88,94)(H,89,95)(H,90,96)(H,91,97)(H,92,98). The first kappa shape index (κ1) is 71.6. The van der Waals surface area contributed by atoms with Gasteiger partial charge in [-0.25, -0.2) is 0 Å². The summed E-state index contributed by atoms with van der Waals surface area (Å²) in [6.07, 6.45) is 5.54. The summed E-state index contributed by atoms with van der Waals surface area (Å²) < 4.78 is 58.9. The molecule has 0 saturated heterocycles. The van der Waals surface area contributed by atoms with Crippen LogP contribution in [0.1, 0.15) is 212 Å². The van der Waals surface area contributed by atoms with E-state index in [0.29, 0.717) is 111 Å². The number of nitrogens with zero attached hydrogens (tertiary/aromatic N) is 1. The minimum atomic E-state index is -0.576. The molecule has 23 nitrogen and oxygen atoms in total. The smallest absolute Gasteiger partial charge is 0.257 e. The Morgan fingerprint density at radius 2 is 0.523 bits per heavy atom. The van der Waals surface area contributed by atoms with Gasteiger partial charge in [0.15, 0.2) is 46.0 Å². The Hall–Kier alpha value is -12.4. The largest absolute Gasteiger partial charge is 0.453 e. The first-order valence-electron chi connectivity index (χ1n) is 36.7. The molecule has 0 radical (unpaired) electrons. The summed E-state index contributed by atoms with van der Waals surface area (Å²) in [5.74, 6) is -0.625. The molecule has 4 unspecified atom stereocenters. The molecule has 14 rings (SSSR count). The maximum atomic E-state index is 14.0. The van der Waals surface area contributed by atoms with Crippen LogP contribution in [0.15, 0.2) is 128 Å². The number of anilines is 7. The minimum Gasteiger partial charge on any atom is -0.453 e. The van der Waals surface area contributed by atoms with Crippen molar-refractivity contribution in [3.8, 4) is 92.0 Å². The number of carbonyl (C=O) groups excluding carboxylic acids is 7. The molecule has 4 atom stereocenters. The Kier molecular flexibility index (Phi) is 20.1. The number of ether oxygens (including phenoxy) is 8. The van der Waals surface area contributed by atoms with Gasteiger partial charge in [-0.3, -0.25) is 38.5 Å². The number of rotatable bonds is 18. The van der Waals surface area contributed by atoms with Crippen LogP contribution in [0.3, 0.4) is 0 Å². The molecule has 7 amide bonds. The second kappa shape index (κ2) is 30.0. The SMILES string of the molecule is CCC(=O)Nc1cc2c(cc1NC(=O)CC)Oc1cc3c4cc1C(CC)c1cc5c(cc1O2)Oc1ccc(NC(=O)c2cccnc2)cc1Oc1cc2c(cc1C5CC)C(CC)c1cc(c(cc1Oc1cc(NC(=O)CC)c(NC(=O)CC)cc1O2)Oc1cc(NC(=O)CC)c(NC(=O)CC)cc1O3)C4CC. The summed E-state index contributed by atoms with van der Waals surface area (Å²) in [5.41, 5.74) is 7.82. The van der Waals surface area contributed by atoms with E-state index in [4.69, 9.17) is 37.9 Å². The first-order valence-corrected chi connectivity index (χ1v) is 36.7. The number of hydrogen-bond acceptors (Lipinski definition) is 16. The maximum Gasteiger partial charge on any atom is 0.257 e. The van der Waals surface area contributed by atoms with Crippen LogP contribution in [0.5, 0.6) is 92.0 Å². The molecule has 5 aliphatic rings. The zero-order valence-corrected chi connectivity index (χ0v) is 61.1. The number of pyridine rings is 1. The van der Waals surface area contributed by atoms with Crippen LogP contribution in [-0.2, 0) is 28.8 Å². The first-order chi connectivity index (χ1) is 51.8. The van der Waals surface area contributed by atoms with Crippen molar-refractivity contribution in [1.82, 2.24) is 4.98 Å². The molecule has 0 spiro atoms. The molecule has 0 saturated carbocycles. The quantitative estimate of drug-likeness (QED) is 0.0420. The van der Waals surface area contributed by atoms with Crippen LogP contribution in [0, 0.1) is 0 Å². The highest BCUT2D eigenvalue weighted by molar-refractivity contribution is 6.05. The molecule has 8 bridgehead atoms. The van der Waals surface area contributed by atoms with E-state index in [-0.39, 0.29) is 154 Å². The van der Waals surface area contributed by atoms with Crippen LogP contribution in [-0.4, -0.2) is 46.3 Å². The van der Waals surface area contributed by atoms with Crippen LogP contribution in [0.2, 0.25) is 0 Å². The van der Waals surface area contributed by atoms with Gasteiger partial charge < -0.3 is 75.1 Å². The number of amides is 7. The van der Waals surface area contributed by atoms with E-state index < -0.39 is 29.6 Å². The van der Waals surface area contributed by atoms with E-state index in [1.807, 2.05) is 24.3 Å². The van der Waals surface area contributed by atoms with E-state index >= 15 is 0 Å². The van der Waals surface area contributed by atoms with Gasteiger partial charge >= 0.3 is 0 Å². The van der Waals surface area contributed by atoms with Crippen LogP contribution in [0.25, 0.3) is 0 Å². The molecule has 9 aromatic rings. The van der Waals surface area contributed by atoms with Crippen molar-refractivity contribution < 1.29 is 71.5 Å². The Labute approximate surface area is 618 Å². The monoisotopic (exact) mass is 1440 g/mol. The zero-order valence-electron chi connectivity index (χ0n) is 61.1. The molecular weight excluding hydrogens is 1360 g/mol. The lowest BCUT2D eigenvalue weighted by Crippen LogP contribution is -2.15. The second-order valence-electron chi connectivity index (χ2n) is 26.7. The van der Waals surface area contributed by atoms with Crippen molar-refractivity contribution >= 4 is 81.2 Å². The molecule has 5 heterocycles. The zero-order chi connectivity index (χ0) is 75.1. The van der Waals surface area contributed by atoms with E-state index in [9.17, 15) is 33.6 Å². The number of fused-ring (bicyclic) bond motifs is 4. The lowest BCUT2D eigenvalue weighted by molar-refractivity contribution is -0.116. The Balaban J connectivity index is 1.13. The van der Waals surface area contributed by atoms with Crippen molar-refractivity contribution in [1.29, 1.82) is 0 Å². The molecule has 7 N–H and O–H groups in total. The molecule has 8 aromatic carbocycles. The molecule has 23 heteroatoms. The third-order valence-corrected chi connectivity index (χ3v) is 19.9. The van der Waals surface area contributed by atoms with Gasteiger partial charge in [0.05, 0.1) is 39.7 Å². The number of benzene rings is 8. The predicted molar refractivity (Wildman–Crippen MR) is 406 cm³/mol. The van der Waals surface area contributed by atoms with Crippen LogP contribution >= 0.6 is 0 Å². The average Bonchev–Trinajstić information content (AvgIpc) is 1.66. The van der Waals surface area contributed by atoms with E-state index in [2.05, 4.69) is 94.2 Å². The second-order valence-corrected chi connectivity index (χ2v) is 26.7. The maximum absolute atomic E-state index is 14.0. The number of aromatic nitrogens is 1. The number of nitrogens with one attached hydrogen (secondary N) is 7. The van der Waals surface area contributed by atoms with Gasteiger partial charge in [0.2, 0.25) is 35.4 Å². The molecular formula is C84H82N8O15. The highest BCUT2D eigenvalue weighted by Gasteiger charge is 2.39. The van der Waals surface area contributed by atoms with Gasteiger partial charge in [0.1, 0.15) is 46.0 Å². The minimum absolute atomic E-state index is 0.106.